The maximum absolute atomic E-state index is 5.57. The Bertz CT molecular complexity index is 673. The molecule has 0 amide bonds. The number of ether oxygens (including phenoxy) is 2. The monoisotopic (exact) mass is 453 g/mol. The van der Waals surface area contributed by atoms with E-state index in [0.717, 1.165) is 11.5 Å². The first-order chi connectivity index (χ1) is 11.6. The Morgan fingerprint density at radius 3 is 1.28 bits per heavy atom. The first-order valence-electron chi connectivity index (χ1n) is 8.58. The van der Waals surface area contributed by atoms with Crippen LogP contribution in [0.15, 0.2) is 36.4 Å². The molecule has 0 aromatic heterocycles. The Morgan fingerprint density at radius 2 is 1.00 bits per heavy atom. The predicted molar refractivity (Wildman–Crippen MR) is 101 cm³/mol. The van der Waals surface area contributed by atoms with Crippen molar-refractivity contribution < 1.29 is 30.7 Å². The number of methoxy groups -OCH3 is 2. The lowest BCUT2D eigenvalue weighted by Gasteiger charge is -2.22. The Labute approximate surface area is 163 Å². The molecule has 0 heterocycles. The van der Waals surface area contributed by atoms with Gasteiger partial charge >= 0.3 is 21.2 Å². The number of benzene rings is 2. The summed E-state index contributed by atoms with van der Waals surface area (Å²) in [4.78, 5) is 0. The molecule has 0 N–H and O–H groups in total. The second-order valence-corrected chi connectivity index (χ2v) is 11.3. The van der Waals surface area contributed by atoms with E-state index >= 15 is 0 Å². The minimum Gasteiger partial charge on any atom is -0.496 e. The van der Waals surface area contributed by atoms with E-state index in [2.05, 4.69) is 77.9 Å². The fourth-order valence-electron chi connectivity index (χ4n) is 2.78. The van der Waals surface area contributed by atoms with Gasteiger partial charge in [0.2, 0.25) is 0 Å². The first kappa shape index (κ1) is 20.1. The smallest absolute Gasteiger partial charge is 0.357 e. The third-order valence-corrected chi connectivity index (χ3v) is 6.74. The van der Waals surface area contributed by atoms with Gasteiger partial charge in [0.05, 0.1) is 14.2 Å². The first-order valence-corrected chi connectivity index (χ1v) is 10.7. The highest BCUT2D eigenvalue weighted by Gasteiger charge is 2.26. The quantitative estimate of drug-likeness (QED) is 0.663. The van der Waals surface area contributed by atoms with E-state index in [1.54, 1.807) is 14.2 Å². The zero-order valence-electron chi connectivity index (χ0n) is 16.7. The third-order valence-electron chi connectivity index (χ3n) is 4.16. The van der Waals surface area contributed by atoms with Crippen molar-refractivity contribution in [1.82, 2.24) is 0 Å². The Balaban J connectivity index is 2.40. The molecule has 0 aliphatic heterocycles. The molecular weight excluding hydrogens is 423 g/mol. The molecule has 0 unspecified atom stereocenters. The van der Waals surface area contributed by atoms with Crippen molar-refractivity contribution in [3.05, 3.63) is 54.7 Å². The summed E-state index contributed by atoms with van der Waals surface area (Å²) in [7, 11) is 3.50. The van der Waals surface area contributed by atoms with Crippen LogP contribution in [0, 0.1) is 7.14 Å². The van der Waals surface area contributed by atoms with E-state index in [-0.39, 0.29) is 32.0 Å². The van der Waals surface area contributed by atoms with Crippen LogP contribution in [0.5, 0.6) is 11.5 Å². The van der Waals surface area contributed by atoms with Crippen molar-refractivity contribution in [3.8, 4) is 11.5 Å². The molecule has 0 saturated heterocycles. The minimum atomic E-state index is -0.249. The van der Waals surface area contributed by atoms with Crippen molar-refractivity contribution in [1.29, 1.82) is 0 Å². The molecule has 0 radical (unpaired) electrons. The molecule has 2 nitrogen and oxygen atoms in total. The molecule has 2 aromatic carbocycles. The molecule has 0 fully saturated rings. The van der Waals surface area contributed by atoms with Crippen LogP contribution in [0.1, 0.15) is 52.7 Å². The van der Waals surface area contributed by atoms with E-state index in [1.807, 2.05) is 0 Å². The van der Waals surface area contributed by atoms with Gasteiger partial charge in [-0.1, -0.05) is 41.5 Å². The highest BCUT2D eigenvalue weighted by Crippen LogP contribution is 2.31. The lowest BCUT2D eigenvalue weighted by Crippen LogP contribution is -3.61. The Kier molecular flexibility index (Phi) is 6.08. The van der Waals surface area contributed by atoms with Gasteiger partial charge in [-0.2, -0.15) is 0 Å². The second kappa shape index (κ2) is 7.56. The summed E-state index contributed by atoms with van der Waals surface area (Å²) in [6.07, 6.45) is 0. The average Bonchev–Trinajstić information content (AvgIpc) is 2.53. The molecule has 3 heteroatoms. The van der Waals surface area contributed by atoms with Gasteiger partial charge in [0.1, 0.15) is 11.5 Å². The zero-order chi connectivity index (χ0) is 18.8. The van der Waals surface area contributed by atoms with Crippen molar-refractivity contribution in [2.24, 2.45) is 0 Å². The van der Waals surface area contributed by atoms with Crippen LogP contribution >= 0.6 is 0 Å². The molecule has 2 rings (SSSR count). The van der Waals surface area contributed by atoms with E-state index in [9.17, 15) is 0 Å². The summed E-state index contributed by atoms with van der Waals surface area (Å²) in [6.45, 7) is 13.4. The number of halogens is 1. The average molecular weight is 453 g/mol. The summed E-state index contributed by atoms with van der Waals surface area (Å²) in [5.41, 5.74) is 2.69. The molecule has 0 saturated carbocycles. The normalized spacial score (nSPS) is 12.2. The van der Waals surface area contributed by atoms with Gasteiger partial charge in [-0.15, -0.1) is 0 Å². The molecule has 136 valence electrons. The molecule has 25 heavy (non-hydrogen) atoms. The van der Waals surface area contributed by atoms with E-state index in [4.69, 9.17) is 9.47 Å². The van der Waals surface area contributed by atoms with Gasteiger partial charge in [-0.05, 0) is 47.2 Å². The summed E-state index contributed by atoms with van der Waals surface area (Å²) in [5, 5.41) is 0. The molecule has 0 bridgehead atoms. The van der Waals surface area contributed by atoms with Crippen molar-refractivity contribution >= 4 is 0 Å². The van der Waals surface area contributed by atoms with E-state index in [0.29, 0.717) is 0 Å². The molecule has 0 atom stereocenters. The largest absolute Gasteiger partial charge is 0.496 e. The third kappa shape index (κ3) is 4.90. The number of hydrogen-bond donors (Lipinski definition) is 0. The van der Waals surface area contributed by atoms with E-state index < -0.39 is 0 Å². The van der Waals surface area contributed by atoms with Crippen molar-refractivity contribution in [2.75, 3.05) is 14.2 Å². The topological polar surface area (TPSA) is 18.5 Å². The predicted octanol–water partition coefficient (Wildman–Crippen LogP) is 2.43. The van der Waals surface area contributed by atoms with Gasteiger partial charge in [-0.25, -0.2) is 0 Å². The highest BCUT2D eigenvalue weighted by atomic mass is 127. The summed E-state index contributed by atoms with van der Waals surface area (Å²) >= 11 is -0.249. The standard InChI is InChI=1S/C22H30IO2/c1-21(2,3)17-13-15(9-11-19(17)24-7)23-16-10-12-20(25-8)18(14-16)22(4,5)6/h9-14H,1-8H3/q+1. The fourth-order valence-corrected chi connectivity index (χ4v) is 5.15. The van der Waals surface area contributed by atoms with Gasteiger partial charge in [0, 0.05) is 11.1 Å². The maximum atomic E-state index is 5.57. The summed E-state index contributed by atoms with van der Waals surface area (Å²) in [5.74, 6) is 1.95. The molecular formula is C22H30IO2+. The van der Waals surface area contributed by atoms with Crippen LogP contribution in [0.4, 0.5) is 0 Å². The van der Waals surface area contributed by atoms with Gasteiger partial charge in [0.25, 0.3) is 0 Å². The van der Waals surface area contributed by atoms with Gasteiger partial charge in [0.15, 0.2) is 7.14 Å². The SMILES string of the molecule is COc1ccc([I+]c2ccc(OC)c(C(C)(C)C)c2)cc1C(C)(C)C. The van der Waals surface area contributed by atoms with Crippen LogP contribution < -0.4 is 30.7 Å². The van der Waals surface area contributed by atoms with E-state index in [1.165, 1.54) is 18.3 Å². The van der Waals surface area contributed by atoms with Gasteiger partial charge < -0.3 is 9.47 Å². The lowest BCUT2D eigenvalue weighted by molar-refractivity contribution is -0.597. The minimum absolute atomic E-state index is 0.0710. The number of hydrogen-bond acceptors (Lipinski definition) is 2. The highest BCUT2D eigenvalue weighted by molar-refractivity contribution is 5.39. The summed E-state index contributed by atoms with van der Waals surface area (Å²) < 4.78 is 14.0. The van der Waals surface area contributed by atoms with Crippen LogP contribution in [0.25, 0.3) is 0 Å². The second-order valence-electron chi connectivity index (χ2n) is 8.28. The van der Waals surface area contributed by atoms with Gasteiger partial charge in [-0.3, -0.25) is 0 Å². The zero-order valence-corrected chi connectivity index (χ0v) is 18.8. The van der Waals surface area contributed by atoms with Crippen molar-refractivity contribution in [3.63, 3.8) is 0 Å². The summed E-state index contributed by atoms with van der Waals surface area (Å²) in [6, 6.07) is 13.3. The molecule has 0 spiro atoms. The number of rotatable bonds is 4. The van der Waals surface area contributed by atoms with Crippen molar-refractivity contribution in [2.45, 2.75) is 52.4 Å². The van der Waals surface area contributed by atoms with Crippen LogP contribution in [-0.2, 0) is 10.8 Å². The Morgan fingerprint density at radius 1 is 0.640 bits per heavy atom. The lowest BCUT2D eigenvalue weighted by atomic mass is 9.86. The molecule has 2 aromatic rings. The Hall–Kier alpha value is -1.23. The van der Waals surface area contributed by atoms with Crippen LogP contribution in [0.3, 0.4) is 0 Å². The van der Waals surface area contributed by atoms with Crippen LogP contribution in [-0.4, -0.2) is 14.2 Å². The fraction of sp³-hybridized carbons (Fsp3) is 0.455. The van der Waals surface area contributed by atoms with Crippen LogP contribution in [0.2, 0.25) is 0 Å². The molecule has 0 aliphatic rings. The molecule has 0 aliphatic carbocycles. The maximum Gasteiger partial charge on any atom is 0.357 e.